The van der Waals surface area contributed by atoms with E-state index in [0.717, 1.165) is 45.0 Å². The number of hydrogen-bond acceptors (Lipinski definition) is 4. The van der Waals surface area contributed by atoms with Crippen LogP contribution in [0, 0.1) is 0 Å². The second kappa shape index (κ2) is 13.7. The molecule has 8 aromatic rings. The predicted molar refractivity (Wildman–Crippen MR) is 231 cm³/mol. The molecule has 0 unspecified atom stereocenters. The minimum absolute atomic E-state index is 0.000743. The Bertz CT molecular complexity index is 2720. The van der Waals surface area contributed by atoms with Crippen molar-refractivity contribution >= 4 is 88.8 Å². The Labute approximate surface area is 321 Å². The molecule has 4 aromatic heterocycles. The normalized spacial score (nSPS) is 12.0. The van der Waals surface area contributed by atoms with E-state index < -0.39 is 0 Å². The third-order valence-electron chi connectivity index (χ3n) is 9.60. The van der Waals surface area contributed by atoms with Crippen molar-refractivity contribution in [2.75, 3.05) is 0 Å². The van der Waals surface area contributed by atoms with E-state index in [4.69, 9.17) is 9.97 Å². The van der Waals surface area contributed by atoms with Gasteiger partial charge in [-0.3, -0.25) is 0 Å². The van der Waals surface area contributed by atoms with Gasteiger partial charge in [0.25, 0.3) is 0 Å². The Morgan fingerprint density at radius 1 is 0.302 bits per heavy atom. The summed E-state index contributed by atoms with van der Waals surface area (Å²) >= 11 is 3.66. The molecule has 53 heavy (non-hydrogen) atoms. The van der Waals surface area contributed by atoms with Crippen LogP contribution in [-0.4, -0.2) is 24.5 Å². The number of nitrogens with zero attached hydrogens (tertiary/aromatic N) is 2. The van der Waals surface area contributed by atoms with Gasteiger partial charge < -0.3 is 0 Å². The van der Waals surface area contributed by atoms with Crippen LogP contribution in [0.3, 0.4) is 0 Å². The summed E-state index contributed by atoms with van der Waals surface area (Å²) in [4.78, 5) is 10.9. The molecule has 0 N–H and O–H groups in total. The van der Waals surface area contributed by atoms with Crippen molar-refractivity contribution in [3.05, 3.63) is 181 Å². The molecule has 2 nitrogen and oxygen atoms in total. The molecule has 10 bridgehead atoms. The average Bonchev–Trinajstić information content (AvgIpc) is 4.07. The van der Waals surface area contributed by atoms with Crippen LogP contribution in [0.5, 0.6) is 0 Å². The topological polar surface area (TPSA) is 25.8 Å². The summed E-state index contributed by atoms with van der Waals surface area (Å²) in [5.41, 5.74) is 13.3. The Kier molecular flexibility index (Phi) is 8.28. The molecular weight excluding hydrogens is 748 g/mol. The molecule has 0 saturated carbocycles. The number of fused-ring (bicyclic) bond motifs is 11. The number of thiophene rings is 2. The third kappa shape index (κ3) is 5.98. The molecule has 6 heterocycles. The molecule has 0 atom stereocenters. The van der Waals surface area contributed by atoms with E-state index >= 15 is 0 Å². The van der Waals surface area contributed by atoms with Gasteiger partial charge in [-0.25, -0.2) is 0 Å². The van der Waals surface area contributed by atoms with Crippen LogP contribution in [0.2, 0.25) is 0 Å². The molecule has 250 valence electrons. The summed E-state index contributed by atoms with van der Waals surface area (Å²) in [6.45, 7) is 0. The Hall–Kier alpha value is -5.68. The molecule has 2 aliphatic rings. The first kappa shape index (κ1) is 32.0. The van der Waals surface area contributed by atoms with E-state index in [1.54, 1.807) is 0 Å². The number of hydrogen-bond donors (Lipinski definition) is 0. The van der Waals surface area contributed by atoms with Crippen LogP contribution in [0.1, 0.15) is 22.8 Å². The van der Waals surface area contributed by atoms with Gasteiger partial charge in [-0.1, -0.05) is 0 Å². The number of benzene rings is 4. The summed E-state index contributed by atoms with van der Waals surface area (Å²) in [5, 5.41) is 0. The van der Waals surface area contributed by atoms with Gasteiger partial charge >= 0.3 is 324 Å². The maximum atomic E-state index is 5.46. The molecule has 0 aliphatic carbocycles. The fourth-order valence-electron chi connectivity index (χ4n) is 7.18. The first-order valence-electron chi connectivity index (χ1n) is 17.6. The van der Waals surface area contributed by atoms with E-state index in [9.17, 15) is 0 Å². The monoisotopic (exact) mass is 778 g/mol. The molecule has 0 fully saturated rings. The summed E-state index contributed by atoms with van der Waals surface area (Å²) in [5.74, 6) is 0. The number of aromatic nitrogens is 2. The summed E-state index contributed by atoms with van der Waals surface area (Å²) in [7, 11) is 0. The molecule has 0 saturated heterocycles. The Morgan fingerprint density at radius 2 is 0.604 bits per heavy atom. The predicted octanol–water partition coefficient (Wildman–Crippen LogP) is 13.6. The fourth-order valence-corrected chi connectivity index (χ4v) is 11.9. The van der Waals surface area contributed by atoms with Crippen molar-refractivity contribution in [3.63, 3.8) is 0 Å². The summed E-state index contributed by atoms with van der Waals surface area (Å²) < 4.78 is 7.51. The van der Waals surface area contributed by atoms with Crippen molar-refractivity contribution in [2.24, 2.45) is 0 Å². The van der Waals surface area contributed by atoms with Crippen molar-refractivity contribution in [1.82, 2.24) is 9.97 Å². The minimum atomic E-state index is 0.000743. The first-order valence-corrected chi connectivity index (χ1v) is 20.9. The van der Waals surface area contributed by atoms with Gasteiger partial charge in [-0.05, 0) is 0 Å². The molecule has 5 heteroatoms. The van der Waals surface area contributed by atoms with Crippen molar-refractivity contribution in [1.29, 1.82) is 0 Å². The van der Waals surface area contributed by atoms with Gasteiger partial charge in [-0.15, -0.1) is 0 Å². The van der Waals surface area contributed by atoms with Crippen LogP contribution in [0.15, 0.2) is 158 Å². The van der Waals surface area contributed by atoms with E-state index in [-0.39, 0.29) is 14.5 Å². The summed E-state index contributed by atoms with van der Waals surface area (Å²) in [6, 6.07) is 56.7. The van der Waals surface area contributed by atoms with Gasteiger partial charge in [0.1, 0.15) is 0 Å². The zero-order valence-corrected chi connectivity index (χ0v) is 31.8. The van der Waals surface area contributed by atoms with Crippen molar-refractivity contribution in [2.45, 2.75) is 0 Å². The van der Waals surface area contributed by atoms with Crippen LogP contribution < -0.4 is 0 Å². The molecule has 10 rings (SSSR count). The molecule has 0 amide bonds. The standard InChI is InChI=1S/C48H30N2S2Se/c1-5-13-31(14-6-1)45-35-21-23-37(49-35)47(33-17-9-3-10-18-33)43-29-30-44(53-43)48(34-19-11-4-12-20-34)38-24-22-36(50-38)46(32-15-7-2-8-16-32)42-28-26-40(52-42)39-25-27-41(45)51-39/h1-30H. The zero-order valence-electron chi connectivity index (χ0n) is 28.4. The van der Waals surface area contributed by atoms with Gasteiger partial charge in [0.05, 0.1) is 0 Å². The van der Waals surface area contributed by atoms with Gasteiger partial charge in [0.15, 0.2) is 0 Å². The third-order valence-corrected chi connectivity index (χ3v) is 14.4. The van der Waals surface area contributed by atoms with Gasteiger partial charge in [-0.2, -0.15) is 0 Å². The van der Waals surface area contributed by atoms with Crippen molar-refractivity contribution < 1.29 is 0 Å². The van der Waals surface area contributed by atoms with E-state index in [1.165, 1.54) is 49.6 Å². The SMILES string of the molecule is C1=Cc2nc1c(-c1ccccc1)c1ccc(s1)c1ccc(s1)c(-c1ccccc1)c1nc(c(-c3ccccc3)c3ccc([se]3)c2-c2ccccc2)C=C1. The van der Waals surface area contributed by atoms with E-state index in [1.807, 2.05) is 22.7 Å². The molecule has 2 aliphatic heterocycles. The molecule has 4 aromatic carbocycles. The second-order valence-electron chi connectivity index (χ2n) is 12.9. The second-order valence-corrected chi connectivity index (χ2v) is 17.3. The summed E-state index contributed by atoms with van der Waals surface area (Å²) in [6.07, 6.45) is 8.83. The maximum absolute atomic E-state index is 5.46. The van der Waals surface area contributed by atoms with Crippen LogP contribution >= 0.6 is 22.7 Å². The van der Waals surface area contributed by atoms with Gasteiger partial charge in [0, 0.05) is 0 Å². The fraction of sp³-hybridized carbons (Fsp3) is 0. The molecule has 0 spiro atoms. The first-order chi connectivity index (χ1) is 26.3. The molecule has 0 radical (unpaired) electrons. The zero-order chi connectivity index (χ0) is 35.1. The quantitative estimate of drug-likeness (QED) is 0.166. The van der Waals surface area contributed by atoms with Crippen LogP contribution in [0.25, 0.3) is 96.1 Å². The van der Waals surface area contributed by atoms with Gasteiger partial charge in [0.2, 0.25) is 0 Å². The number of rotatable bonds is 4. The van der Waals surface area contributed by atoms with Crippen LogP contribution in [-0.2, 0) is 0 Å². The Balaban J connectivity index is 1.39. The molecular formula is C48H30N2S2Se. The van der Waals surface area contributed by atoms with Crippen molar-refractivity contribution in [3.8, 4) is 44.5 Å². The Morgan fingerprint density at radius 3 is 0.962 bits per heavy atom. The van der Waals surface area contributed by atoms with Crippen LogP contribution in [0.4, 0.5) is 0 Å². The van der Waals surface area contributed by atoms with E-state index in [2.05, 4.69) is 182 Å². The average molecular weight is 778 g/mol. The van der Waals surface area contributed by atoms with E-state index in [0.29, 0.717) is 0 Å².